The second kappa shape index (κ2) is 16.1. The highest BCUT2D eigenvalue weighted by atomic mass is 32.3. The lowest BCUT2D eigenvalue weighted by Gasteiger charge is -2.12. The van der Waals surface area contributed by atoms with Gasteiger partial charge >= 0.3 is 11.9 Å². The van der Waals surface area contributed by atoms with Crippen molar-refractivity contribution in [2.45, 2.75) is 30.6 Å². The van der Waals surface area contributed by atoms with Crippen LogP contribution in [0.2, 0.25) is 0 Å². The lowest BCUT2D eigenvalue weighted by molar-refractivity contribution is 0.0508. The van der Waals surface area contributed by atoms with E-state index in [1.54, 1.807) is 26.2 Å². The van der Waals surface area contributed by atoms with Crippen molar-refractivity contribution in [3.05, 3.63) is 87.6 Å². The molecule has 2 aromatic heterocycles. The van der Waals surface area contributed by atoms with Gasteiger partial charge in [-0.2, -0.15) is 4.39 Å². The summed E-state index contributed by atoms with van der Waals surface area (Å²) < 4.78 is 82.7. The van der Waals surface area contributed by atoms with E-state index in [1.807, 2.05) is 0 Å². The van der Waals surface area contributed by atoms with Gasteiger partial charge in [0.2, 0.25) is 5.13 Å². The molecule has 18 heteroatoms. The summed E-state index contributed by atoms with van der Waals surface area (Å²) in [6.45, 7) is 5.63. The zero-order valence-electron chi connectivity index (χ0n) is 22.8. The van der Waals surface area contributed by atoms with Crippen LogP contribution in [0.1, 0.15) is 39.8 Å². The molecule has 4 aromatic rings. The summed E-state index contributed by atoms with van der Waals surface area (Å²) in [6.07, 6.45) is 0. The van der Waals surface area contributed by atoms with Gasteiger partial charge in [-0.05, 0) is 45.0 Å². The van der Waals surface area contributed by atoms with E-state index < -0.39 is 50.8 Å². The number of hydrogen-bond donors (Lipinski definition) is 1. The molecule has 232 valence electrons. The molecular formula is C25H26F2N4O8S4. The first-order valence-corrected chi connectivity index (χ1v) is 16.6. The van der Waals surface area contributed by atoms with Crippen molar-refractivity contribution >= 4 is 59.8 Å². The summed E-state index contributed by atoms with van der Waals surface area (Å²) in [5, 5.41) is 1.91. The number of halogens is 2. The number of esters is 2. The molecule has 0 spiro atoms. The maximum Gasteiger partial charge on any atom is 0.360 e. The number of aryl methyl sites for hydroxylation is 1. The van der Waals surface area contributed by atoms with Crippen molar-refractivity contribution in [3.63, 3.8) is 0 Å². The molecule has 0 aliphatic carbocycles. The molecular weight excluding hydrogens is 651 g/mol. The second-order valence-corrected chi connectivity index (χ2v) is 13.4. The Kier molecular flexibility index (Phi) is 13.3. The molecule has 0 radical (unpaired) electrons. The van der Waals surface area contributed by atoms with E-state index in [4.69, 9.17) is 10.5 Å². The third-order valence-corrected chi connectivity index (χ3v) is 9.73. The fourth-order valence-electron chi connectivity index (χ4n) is 2.79. The normalized spacial score (nSPS) is 11.0. The van der Waals surface area contributed by atoms with E-state index in [2.05, 4.69) is 14.7 Å². The molecule has 12 nitrogen and oxygen atoms in total. The smallest absolute Gasteiger partial charge is 0.360 e. The van der Waals surface area contributed by atoms with Crippen LogP contribution in [0.5, 0.6) is 0 Å². The first-order chi connectivity index (χ1) is 20.2. The average Bonchev–Trinajstić information content (AvgIpc) is 3.58. The van der Waals surface area contributed by atoms with Crippen LogP contribution >= 0.6 is 22.7 Å². The molecule has 0 fully saturated rings. The molecule has 2 aromatic carbocycles. The lowest BCUT2D eigenvalue weighted by atomic mass is 10.4. The zero-order valence-corrected chi connectivity index (χ0v) is 26.1. The van der Waals surface area contributed by atoms with Crippen LogP contribution in [0.25, 0.3) is 0 Å². The number of benzene rings is 2. The Hall–Kier alpha value is -3.84. The van der Waals surface area contributed by atoms with Crippen molar-refractivity contribution < 1.29 is 44.8 Å². The van der Waals surface area contributed by atoms with Crippen LogP contribution in [0, 0.1) is 12.1 Å². The first kappa shape index (κ1) is 35.4. The highest BCUT2D eigenvalue weighted by molar-refractivity contribution is 8.03. The summed E-state index contributed by atoms with van der Waals surface area (Å²) in [5.74, 6) is -1.11. The van der Waals surface area contributed by atoms with E-state index in [-0.39, 0.29) is 18.0 Å². The molecule has 0 saturated carbocycles. The Morgan fingerprint density at radius 2 is 1.33 bits per heavy atom. The first-order valence-electron chi connectivity index (χ1n) is 12.0. The van der Waals surface area contributed by atoms with Gasteiger partial charge in [-0.15, -0.1) is 15.8 Å². The van der Waals surface area contributed by atoms with Crippen LogP contribution in [0.4, 0.5) is 14.0 Å². The van der Waals surface area contributed by atoms with Crippen molar-refractivity contribution in [2.24, 2.45) is 0 Å². The van der Waals surface area contributed by atoms with E-state index in [0.29, 0.717) is 16.7 Å². The molecule has 0 aliphatic heterocycles. The molecule has 0 amide bonds. The molecule has 0 saturated heterocycles. The van der Waals surface area contributed by atoms with E-state index >= 15 is 0 Å². The molecule has 0 atom stereocenters. The predicted molar refractivity (Wildman–Crippen MR) is 155 cm³/mol. The quantitative estimate of drug-likeness (QED) is 0.204. The number of nitrogens with two attached hydrogens (primary N) is 1. The minimum atomic E-state index is -4.77. The van der Waals surface area contributed by atoms with Crippen molar-refractivity contribution in [1.29, 1.82) is 0 Å². The third-order valence-electron chi connectivity index (χ3n) is 4.63. The SMILES string of the molecule is CCOC(=O)c1csc(N)n1.CCOC(=O)c1nc(C)sc1F.O=S(=O)(c1ccccc1)N(F)S(=O)(=O)c1ccccc1. The average molecular weight is 677 g/mol. The molecule has 2 N–H and O–H groups in total. The van der Waals surface area contributed by atoms with Gasteiger partial charge in [0.05, 0.1) is 31.9 Å². The standard InChI is InChI=1S/C12H10FNO4S2.C7H8FNO2S.C6H8N2O2S/c13-14(19(15,16)11-7-3-1-4-8-11)20(17,18)12-9-5-2-6-10-12;1-3-11-7(10)5-6(8)12-4(2)9-5;1-2-10-5(9)4-3-11-6(7)8-4/h1-10H;3H2,1-2H3;3H,2H2,1H3,(H2,7,8). The fourth-order valence-corrected chi connectivity index (χ4v) is 6.83. The van der Waals surface area contributed by atoms with Crippen LogP contribution in [-0.2, 0) is 29.5 Å². The number of hydrogen-bond acceptors (Lipinski definition) is 13. The summed E-state index contributed by atoms with van der Waals surface area (Å²) >= 11 is 2.07. The van der Waals surface area contributed by atoms with Crippen LogP contribution in [0.15, 0.2) is 75.8 Å². The van der Waals surface area contributed by atoms with Gasteiger partial charge in [0.1, 0.15) is 0 Å². The fraction of sp³-hybridized carbons (Fsp3) is 0.200. The third kappa shape index (κ3) is 9.85. The Bertz CT molecular complexity index is 1650. The number of carbonyl (C=O) groups excluding carboxylic acids is 2. The minimum absolute atomic E-state index is 0.209. The van der Waals surface area contributed by atoms with Crippen LogP contribution < -0.4 is 5.73 Å². The van der Waals surface area contributed by atoms with Gasteiger partial charge in [-0.25, -0.2) is 36.4 Å². The number of nitrogen functional groups attached to an aromatic ring is 1. The molecule has 4 rings (SSSR count). The van der Waals surface area contributed by atoms with E-state index in [1.165, 1.54) is 47.7 Å². The maximum absolute atomic E-state index is 14.0. The number of thiazole rings is 2. The largest absolute Gasteiger partial charge is 0.461 e. The lowest BCUT2D eigenvalue weighted by Crippen LogP contribution is -2.29. The number of sulfonamides is 2. The van der Waals surface area contributed by atoms with Crippen molar-refractivity contribution in [1.82, 2.24) is 13.9 Å². The number of carbonyl (C=O) groups is 2. The number of aromatic nitrogens is 2. The highest BCUT2D eigenvalue weighted by Crippen LogP contribution is 2.24. The Morgan fingerprint density at radius 3 is 1.70 bits per heavy atom. The molecule has 43 heavy (non-hydrogen) atoms. The van der Waals surface area contributed by atoms with Gasteiger partial charge in [0.15, 0.2) is 16.5 Å². The Morgan fingerprint density at radius 1 is 0.860 bits per heavy atom. The topological polar surface area (TPSA) is 176 Å². The van der Waals surface area contributed by atoms with Crippen LogP contribution in [-0.4, -0.2) is 55.9 Å². The molecule has 0 bridgehead atoms. The Labute approximate surface area is 254 Å². The second-order valence-electron chi connectivity index (χ2n) is 7.66. The molecule has 0 aliphatic rings. The van der Waals surface area contributed by atoms with Gasteiger partial charge in [0.25, 0.3) is 20.0 Å². The number of ether oxygens (including phenoxy) is 2. The van der Waals surface area contributed by atoms with Crippen LogP contribution in [0.3, 0.4) is 0 Å². The van der Waals surface area contributed by atoms with Gasteiger partial charge in [-0.3, -0.25) is 0 Å². The predicted octanol–water partition coefficient (Wildman–Crippen LogP) is 4.62. The van der Waals surface area contributed by atoms with Crippen molar-refractivity contribution in [3.8, 4) is 0 Å². The number of nitrogens with zero attached hydrogens (tertiary/aromatic N) is 3. The van der Waals surface area contributed by atoms with Gasteiger partial charge < -0.3 is 15.2 Å². The Balaban J connectivity index is 0.000000241. The molecule has 0 unspecified atom stereocenters. The zero-order chi connectivity index (χ0) is 32.2. The minimum Gasteiger partial charge on any atom is -0.461 e. The van der Waals surface area contributed by atoms with E-state index in [9.17, 15) is 35.3 Å². The maximum atomic E-state index is 14.0. The summed E-state index contributed by atoms with van der Waals surface area (Å²) in [7, 11) is -9.53. The molecule has 2 heterocycles. The van der Waals surface area contributed by atoms with Gasteiger partial charge in [0, 0.05) is 5.38 Å². The highest BCUT2D eigenvalue weighted by Gasteiger charge is 2.37. The van der Waals surface area contributed by atoms with Gasteiger partial charge in [-0.1, -0.05) is 47.7 Å². The van der Waals surface area contributed by atoms with E-state index in [0.717, 1.165) is 35.6 Å². The number of anilines is 1. The summed E-state index contributed by atoms with van der Waals surface area (Å²) in [5.41, 5.74) is 5.39. The number of rotatable bonds is 8. The van der Waals surface area contributed by atoms with Crippen molar-refractivity contribution in [2.75, 3.05) is 18.9 Å². The summed E-state index contributed by atoms with van der Waals surface area (Å²) in [6, 6.07) is 13.0. The summed E-state index contributed by atoms with van der Waals surface area (Å²) in [4.78, 5) is 28.4. The monoisotopic (exact) mass is 676 g/mol.